The number of nitrogens with one attached hydrogen (secondary N) is 1. The van der Waals surface area contributed by atoms with Crippen molar-refractivity contribution in [2.45, 2.75) is 6.18 Å². The Morgan fingerprint density at radius 3 is 2.61 bits per heavy atom. The molecule has 0 saturated carbocycles. The van der Waals surface area contributed by atoms with Crippen LogP contribution in [0.5, 0.6) is 0 Å². The van der Waals surface area contributed by atoms with E-state index >= 15 is 0 Å². The van der Waals surface area contributed by atoms with Crippen LogP contribution in [-0.2, 0) is 13.2 Å². The summed E-state index contributed by atoms with van der Waals surface area (Å²) in [6.07, 6.45) is -3.22. The number of aromatic nitrogens is 1. The van der Waals surface area contributed by atoms with Crippen molar-refractivity contribution in [2.75, 3.05) is 5.43 Å². The van der Waals surface area contributed by atoms with Gasteiger partial charge in [-0.3, -0.25) is 10.2 Å². The molecule has 2 aromatic carbocycles. The average molecular weight is 388 g/mol. The highest BCUT2D eigenvalue weighted by molar-refractivity contribution is 6.52. The maximum absolute atomic E-state index is 13.4. The van der Waals surface area contributed by atoms with Gasteiger partial charge in [0.05, 0.1) is 16.8 Å². The summed E-state index contributed by atoms with van der Waals surface area (Å²) in [7, 11) is 1.73. The van der Waals surface area contributed by atoms with Gasteiger partial charge in [0.1, 0.15) is 11.9 Å². The van der Waals surface area contributed by atoms with Crippen LogP contribution in [0.25, 0.3) is 10.9 Å². The van der Waals surface area contributed by atoms with E-state index in [1.165, 1.54) is 6.20 Å². The second-order valence-corrected chi connectivity index (χ2v) is 5.91. The van der Waals surface area contributed by atoms with Crippen molar-refractivity contribution in [1.82, 2.24) is 4.57 Å². The predicted molar refractivity (Wildman–Crippen MR) is 95.3 cm³/mol. The van der Waals surface area contributed by atoms with Gasteiger partial charge in [-0.25, -0.2) is 4.39 Å². The molecule has 0 aliphatic rings. The van der Waals surface area contributed by atoms with Gasteiger partial charge < -0.3 is 4.57 Å². The number of hydrogen-bond acceptors (Lipinski definition) is 4. The molecule has 0 bridgehead atoms. The lowest BCUT2D eigenvalue weighted by Crippen LogP contribution is -2.14. The molecule has 1 heterocycles. The quantitative estimate of drug-likeness (QED) is 0.309. The van der Waals surface area contributed by atoms with E-state index in [2.05, 4.69) is 10.5 Å². The molecule has 1 aromatic heterocycles. The van der Waals surface area contributed by atoms with E-state index in [4.69, 9.17) is 0 Å². The summed E-state index contributed by atoms with van der Waals surface area (Å²) in [6.45, 7) is 0. The molecule has 9 heteroatoms. The van der Waals surface area contributed by atoms with Crippen molar-refractivity contribution in [3.63, 3.8) is 0 Å². The summed E-state index contributed by atoms with van der Waals surface area (Å²) in [6, 6.07) is 10.4. The number of nitrogens with zero attached hydrogens (tertiary/aromatic N) is 3. The van der Waals surface area contributed by atoms with E-state index in [1.54, 1.807) is 41.9 Å². The summed E-state index contributed by atoms with van der Waals surface area (Å²) >= 11 is 0. The van der Waals surface area contributed by atoms with Crippen LogP contribution >= 0.6 is 0 Å². The van der Waals surface area contributed by atoms with Crippen LogP contribution in [0.4, 0.5) is 23.2 Å². The third kappa shape index (κ3) is 3.71. The van der Waals surface area contributed by atoms with Crippen molar-refractivity contribution in [3.05, 3.63) is 65.6 Å². The number of nitriles is 1. The van der Waals surface area contributed by atoms with Crippen LogP contribution < -0.4 is 5.43 Å². The molecule has 3 rings (SSSR count). The monoisotopic (exact) mass is 388 g/mol. The first-order valence-electron chi connectivity index (χ1n) is 7.91. The van der Waals surface area contributed by atoms with Gasteiger partial charge in [-0.05, 0) is 24.3 Å². The fourth-order valence-electron chi connectivity index (χ4n) is 2.72. The van der Waals surface area contributed by atoms with Crippen LogP contribution in [0, 0.1) is 17.1 Å². The summed E-state index contributed by atoms with van der Waals surface area (Å²) < 4.78 is 53.5. The first-order valence-corrected chi connectivity index (χ1v) is 7.91. The highest BCUT2D eigenvalue weighted by Gasteiger charge is 2.31. The number of benzene rings is 2. The van der Waals surface area contributed by atoms with E-state index in [9.17, 15) is 27.6 Å². The minimum atomic E-state index is -4.75. The standard InChI is InChI=1S/C19H12F4N4O/c1-27-10-15(14-4-2-3-5-17(14)27)18(28)16(9-24)26-25-13-7-11(19(21,22)23)6-12(20)8-13/h2-8,10,25H,1H3/b26-16+. The fourth-order valence-corrected chi connectivity index (χ4v) is 2.72. The number of rotatable bonds is 4. The van der Waals surface area contributed by atoms with Crippen LogP contribution in [0.3, 0.4) is 0 Å². The Hall–Kier alpha value is -3.67. The highest BCUT2D eigenvalue weighted by atomic mass is 19.4. The molecular formula is C19H12F4N4O. The number of ketones is 1. The maximum atomic E-state index is 13.4. The van der Waals surface area contributed by atoms with Crippen molar-refractivity contribution in [1.29, 1.82) is 5.26 Å². The molecule has 0 aliphatic heterocycles. The van der Waals surface area contributed by atoms with Gasteiger partial charge in [-0.15, -0.1) is 0 Å². The van der Waals surface area contributed by atoms with Crippen LogP contribution in [0.2, 0.25) is 0 Å². The highest BCUT2D eigenvalue weighted by Crippen LogP contribution is 2.31. The van der Waals surface area contributed by atoms with Crippen molar-refractivity contribution >= 4 is 28.1 Å². The number of carbonyl (C=O) groups excluding carboxylic acids is 1. The molecule has 0 radical (unpaired) electrons. The molecule has 0 fully saturated rings. The minimum absolute atomic E-state index is 0.218. The Balaban J connectivity index is 1.94. The smallest absolute Gasteiger partial charge is 0.350 e. The average Bonchev–Trinajstić information content (AvgIpc) is 2.98. The van der Waals surface area contributed by atoms with Crippen LogP contribution in [0.15, 0.2) is 53.8 Å². The van der Waals surface area contributed by atoms with Gasteiger partial charge >= 0.3 is 6.18 Å². The number of para-hydroxylation sites is 1. The van der Waals surface area contributed by atoms with Crippen LogP contribution in [-0.4, -0.2) is 16.1 Å². The number of Topliss-reactive ketones (excluding diaryl/α,β-unsaturated/α-hetero) is 1. The zero-order chi connectivity index (χ0) is 20.5. The first kappa shape index (κ1) is 19.1. The maximum Gasteiger partial charge on any atom is 0.416 e. The fraction of sp³-hybridized carbons (Fsp3) is 0.105. The number of carbonyl (C=O) groups is 1. The lowest BCUT2D eigenvalue weighted by molar-refractivity contribution is -0.137. The van der Waals surface area contributed by atoms with E-state index in [0.717, 1.165) is 11.6 Å². The number of hydrazone groups is 1. The molecule has 0 unspecified atom stereocenters. The van der Waals surface area contributed by atoms with Gasteiger partial charge in [0, 0.05) is 24.1 Å². The van der Waals surface area contributed by atoms with Gasteiger partial charge in [-0.1, -0.05) is 18.2 Å². The normalized spacial score (nSPS) is 12.1. The van der Waals surface area contributed by atoms with E-state index in [-0.39, 0.29) is 11.3 Å². The number of alkyl halides is 3. The molecule has 28 heavy (non-hydrogen) atoms. The van der Waals surface area contributed by atoms with Crippen LogP contribution in [0.1, 0.15) is 15.9 Å². The minimum Gasteiger partial charge on any atom is -0.350 e. The molecule has 0 spiro atoms. The van der Waals surface area contributed by atoms with E-state index in [0.29, 0.717) is 17.5 Å². The van der Waals surface area contributed by atoms with Crippen molar-refractivity contribution in [3.8, 4) is 6.07 Å². The summed E-state index contributed by atoms with van der Waals surface area (Å²) in [5.74, 6) is -1.84. The van der Waals surface area contributed by atoms with E-state index in [1.807, 2.05) is 0 Å². The third-order valence-electron chi connectivity index (χ3n) is 3.98. The number of anilines is 1. The molecule has 5 nitrogen and oxygen atoms in total. The second-order valence-electron chi connectivity index (χ2n) is 5.91. The largest absolute Gasteiger partial charge is 0.416 e. The molecule has 3 aromatic rings. The van der Waals surface area contributed by atoms with E-state index < -0.39 is 29.1 Å². The SMILES string of the molecule is Cn1cc(C(=O)/C(C#N)=N/Nc2cc(F)cc(C(F)(F)F)c2)c2ccccc21. The lowest BCUT2D eigenvalue weighted by Gasteiger charge is -2.09. The Labute approximate surface area is 156 Å². The molecule has 0 atom stereocenters. The van der Waals surface area contributed by atoms with Gasteiger partial charge in [0.25, 0.3) is 0 Å². The Morgan fingerprint density at radius 2 is 1.93 bits per heavy atom. The van der Waals surface area contributed by atoms with Crippen molar-refractivity contribution < 1.29 is 22.4 Å². The Kier molecular flexibility index (Phi) is 4.88. The number of fused-ring (bicyclic) bond motifs is 1. The third-order valence-corrected chi connectivity index (χ3v) is 3.98. The van der Waals surface area contributed by atoms with Crippen molar-refractivity contribution in [2.24, 2.45) is 12.1 Å². The summed E-state index contributed by atoms with van der Waals surface area (Å²) in [4.78, 5) is 12.7. The number of hydrogen-bond donors (Lipinski definition) is 1. The first-order chi connectivity index (χ1) is 13.2. The summed E-state index contributed by atoms with van der Waals surface area (Å²) in [5.41, 5.74) is 0.995. The number of aryl methyl sites for hydroxylation is 1. The molecular weight excluding hydrogens is 376 g/mol. The second kappa shape index (κ2) is 7.15. The number of halogens is 4. The zero-order valence-electron chi connectivity index (χ0n) is 14.4. The van der Waals surface area contributed by atoms with Gasteiger partial charge in [-0.2, -0.15) is 23.5 Å². The van der Waals surface area contributed by atoms with Gasteiger partial charge in [0.15, 0.2) is 0 Å². The predicted octanol–water partition coefficient (Wildman–Crippen LogP) is 4.51. The molecule has 0 amide bonds. The molecule has 142 valence electrons. The molecule has 0 saturated heterocycles. The zero-order valence-corrected chi connectivity index (χ0v) is 14.4. The topological polar surface area (TPSA) is 70.2 Å². The lowest BCUT2D eigenvalue weighted by atomic mass is 10.1. The summed E-state index contributed by atoms with van der Waals surface area (Å²) in [5, 5.41) is 13.4. The van der Waals surface area contributed by atoms with Gasteiger partial charge in [0.2, 0.25) is 11.5 Å². The Morgan fingerprint density at radius 1 is 1.21 bits per heavy atom. The Bertz CT molecular complexity index is 1140. The molecule has 0 aliphatic carbocycles. The molecule has 1 N–H and O–H groups in total.